The maximum Gasteiger partial charge on any atom is 0.226 e. The Labute approximate surface area is 194 Å². The fraction of sp³-hybridized carbons (Fsp3) is 0.429. The van der Waals surface area contributed by atoms with Gasteiger partial charge in [0, 0.05) is 29.2 Å². The minimum absolute atomic E-state index is 0.0929. The maximum atomic E-state index is 12.9. The monoisotopic (exact) mass is 481 g/mol. The van der Waals surface area contributed by atoms with Crippen molar-refractivity contribution in [3.8, 4) is 5.82 Å². The molecule has 0 aliphatic carbocycles. The first-order valence-electron chi connectivity index (χ1n) is 11.0. The highest BCUT2D eigenvalue weighted by molar-refractivity contribution is 7.91. The van der Waals surface area contributed by atoms with Crippen LogP contribution in [-0.2, 0) is 14.6 Å². The summed E-state index contributed by atoms with van der Waals surface area (Å²) in [7, 11) is -3.05. The van der Waals surface area contributed by atoms with Crippen LogP contribution in [0.3, 0.4) is 0 Å². The first-order valence-corrected chi connectivity index (χ1v) is 12.9. The molecule has 2 N–H and O–H groups in total. The van der Waals surface area contributed by atoms with Gasteiger partial charge in [-0.3, -0.25) is 9.48 Å². The van der Waals surface area contributed by atoms with Gasteiger partial charge in [-0.05, 0) is 27.2 Å². The van der Waals surface area contributed by atoms with E-state index in [2.05, 4.69) is 25.3 Å². The lowest BCUT2D eigenvalue weighted by atomic mass is 9.84. The van der Waals surface area contributed by atoms with Crippen molar-refractivity contribution in [2.45, 2.75) is 45.6 Å². The first kappa shape index (κ1) is 21.0. The molecule has 0 aromatic carbocycles. The molecule has 1 fully saturated rings. The van der Waals surface area contributed by atoms with Gasteiger partial charge in [0.15, 0.2) is 21.3 Å². The Balaban J connectivity index is 1.50. The van der Waals surface area contributed by atoms with Crippen LogP contribution in [0.25, 0.3) is 17.0 Å². The molecule has 6 heterocycles. The van der Waals surface area contributed by atoms with Gasteiger partial charge in [-0.25, -0.2) is 23.4 Å². The van der Waals surface area contributed by atoms with Crippen LogP contribution in [0.5, 0.6) is 0 Å². The number of rotatable bonds is 3. The fourth-order valence-electron chi connectivity index (χ4n) is 5.36. The third-order valence-electron chi connectivity index (χ3n) is 6.79. The highest BCUT2D eigenvalue weighted by atomic mass is 32.2. The topological polar surface area (TPSA) is 153 Å². The molecule has 13 heteroatoms. The van der Waals surface area contributed by atoms with E-state index in [0.717, 1.165) is 28.2 Å². The summed E-state index contributed by atoms with van der Waals surface area (Å²) < 4.78 is 27.6. The van der Waals surface area contributed by atoms with Crippen molar-refractivity contribution in [3.05, 3.63) is 40.9 Å². The summed E-state index contributed by atoms with van der Waals surface area (Å²) in [6.45, 7) is 5.77. The number of aromatic amines is 1. The SMILES string of the molecule is Cc1nn(-c2ncnc3nc[nH]c23)c2c1[C@@H](c1c(C)nn([C@@H]3CCS(=O)(=O)C3)c1C)CC(=O)N2. The summed E-state index contributed by atoms with van der Waals surface area (Å²) in [6.07, 6.45) is 3.75. The molecule has 0 radical (unpaired) electrons. The number of amides is 1. The molecule has 2 aliphatic rings. The lowest BCUT2D eigenvalue weighted by Gasteiger charge is -2.25. The number of aryl methyl sites for hydroxylation is 2. The van der Waals surface area contributed by atoms with E-state index < -0.39 is 9.84 Å². The Morgan fingerprint density at radius 2 is 1.85 bits per heavy atom. The third kappa shape index (κ3) is 3.06. The number of sulfone groups is 1. The van der Waals surface area contributed by atoms with E-state index in [-0.39, 0.29) is 35.8 Å². The molecule has 12 nitrogen and oxygen atoms in total. The van der Waals surface area contributed by atoms with Crippen LogP contribution in [-0.4, -0.2) is 65.3 Å². The van der Waals surface area contributed by atoms with Gasteiger partial charge in [0.05, 0.1) is 35.3 Å². The fourth-order valence-corrected chi connectivity index (χ4v) is 7.06. The third-order valence-corrected chi connectivity index (χ3v) is 8.54. The van der Waals surface area contributed by atoms with Gasteiger partial charge in [0.25, 0.3) is 0 Å². The average Bonchev–Trinajstić information content (AvgIpc) is 3.53. The number of carbonyl (C=O) groups excluding carboxylic acids is 1. The Kier molecular flexibility index (Phi) is 4.43. The quantitative estimate of drug-likeness (QED) is 0.446. The van der Waals surface area contributed by atoms with E-state index in [9.17, 15) is 13.2 Å². The zero-order valence-corrected chi connectivity index (χ0v) is 19.7. The second-order valence-electron chi connectivity index (χ2n) is 8.95. The van der Waals surface area contributed by atoms with Crippen molar-refractivity contribution in [2.24, 2.45) is 0 Å². The molecule has 1 saturated heterocycles. The van der Waals surface area contributed by atoms with Gasteiger partial charge < -0.3 is 10.3 Å². The smallest absolute Gasteiger partial charge is 0.226 e. The van der Waals surface area contributed by atoms with Crippen LogP contribution in [0.1, 0.15) is 53.0 Å². The number of hydrogen-bond donors (Lipinski definition) is 2. The lowest BCUT2D eigenvalue weighted by Crippen LogP contribution is -2.25. The molecular formula is C21H23N9O3S. The average molecular weight is 482 g/mol. The predicted octanol–water partition coefficient (Wildman–Crippen LogP) is 1.49. The van der Waals surface area contributed by atoms with Crippen molar-refractivity contribution in [1.82, 2.24) is 39.5 Å². The van der Waals surface area contributed by atoms with Gasteiger partial charge >= 0.3 is 0 Å². The Hall–Kier alpha value is -3.61. The molecule has 34 heavy (non-hydrogen) atoms. The summed E-state index contributed by atoms with van der Waals surface area (Å²) in [6, 6.07) is -0.187. The Morgan fingerprint density at radius 3 is 2.62 bits per heavy atom. The van der Waals surface area contributed by atoms with Crippen molar-refractivity contribution in [1.29, 1.82) is 0 Å². The Bertz CT molecular complexity index is 1580. The molecule has 2 atom stereocenters. The number of imidazole rings is 1. The van der Waals surface area contributed by atoms with E-state index in [0.29, 0.717) is 29.2 Å². The number of anilines is 1. The molecule has 0 spiro atoms. The maximum absolute atomic E-state index is 12.9. The second kappa shape index (κ2) is 7.19. The van der Waals surface area contributed by atoms with Crippen LogP contribution in [0, 0.1) is 20.8 Å². The van der Waals surface area contributed by atoms with Gasteiger partial charge in [-0.1, -0.05) is 0 Å². The molecule has 6 rings (SSSR count). The van der Waals surface area contributed by atoms with Crippen molar-refractivity contribution < 1.29 is 13.2 Å². The van der Waals surface area contributed by atoms with Crippen LogP contribution in [0.4, 0.5) is 5.82 Å². The largest absolute Gasteiger partial charge is 0.340 e. The number of nitrogens with zero attached hydrogens (tertiary/aromatic N) is 7. The van der Waals surface area contributed by atoms with Crippen LogP contribution in [0.2, 0.25) is 0 Å². The molecule has 0 saturated carbocycles. The first-order chi connectivity index (χ1) is 16.2. The number of H-pyrrole nitrogens is 1. The van der Waals surface area contributed by atoms with E-state index in [1.807, 2.05) is 25.5 Å². The molecule has 2 aliphatic heterocycles. The molecule has 0 bridgehead atoms. The van der Waals surface area contributed by atoms with E-state index >= 15 is 0 Å². The highest BCUT2D eigenvalue weighted by Crippen LogP contribution is 2.43. The summed E-state index contributed by atoms with van der Waals surface area (Å²) in [4.78, 5) is 28.7. The lowest BCUT2D eigenvalue weighted by molar-refractivity contribution is -0.116. The normalized spacial score (nSPS) is 21.7. The molecular weight excluding hydrogens is 458 g/mol. The van der Waals surface area contributed by atoms with Crippen molar-refractivity contribution in [3.63, 3.8) is 0 Å². The molecule has 0 unspecified atom stereocenters. The summed E-state index contributed by atoms with van der Waals surface area (Å²) in [5.41, 5.74) is 5.40. The highest BCUT2D eigenvalue weighted by Gasteiger charge is 2.38. The number of fused-ring (bicyclic) bond motifs is 2. The Morgan fingerprint density at radius 1 is 1.06 bits per heavy atom. The molecule has 4 aromatic heterocycles. The number of carbonyl (C=O) groups is 1. The minimum Gasteiger partial charge on any atom is -0.340 e. The summed E-state index contributed by atoms with van der Waals surface area (Å²) >= 11 is 0. The number of aromatic nitrogens is 8. The molecule has 1 amide bonds. The van der Waals surface area contributed by atoms with Gasteiger partial charge in [-0.15, -0.1) is 0 Å². The van der Waals surface area contributed by atoms with E-state index in [1.54, 1.807) is 4.68 Å². The minimum atomic E-state index is -3.05. The van der Waals surface area contributed by atoms with Crippen LogP contribution >= 0.6 is 0 Å². The van der Waals surface area contributed by atoms with Crippen LogP contribution < -0.4 is 5.32 Å². The zero-order chi connectivity index (χ0) is 23.8. The van der Waals surface area contributed by atoms with E-state index in [4.69, 9.17) is 10.2 Å². The number of nitrogens with one attached hydrogen (secondary N) is 2. The van der Waals surface area contributed by atoms with Crippen molar-refractivity contribution >= 4 is 32.7 Å². The van der Waals surface area contributed by atoms with E-state index in [1.165, 1.54) is 12.7 Å². The standard InChI is InChI=1S/C21H23N9O3S/c1-10-16(12(3)29(27-10)13-4-5-34(32,33)7-13)14-6-15(31)26-20-17(14)11(2)28-30(20)21-18-19(23-8-22-18)24-9-25-21/h8-9,13-14H,4-7H2,1-3H3,(H,26,31)(H,22,23,24,25)/t13-,14-/m1/s1. The van der Waals surface area contributed by atoms with Gasteiger partial charge in [0.1, 0.15) is 17.7 Å². The summed E-state index contributed by atoms with van der Waals surface area (Å²) in [5.74, 6) is 0.924. The predicted molar refractivity (Wildman–Crippen MR) is 123 cm³/mol. The van der Waals surface area contributed by atoms with Crippen molar-refractivity contribution in [2.75, 3.05) is 16.8 Å². The zero-order valence-electron chi connectivity index (χ0n) is 18.9. The molecule has 176 valence electrons. The van der Waals surface area contributed by atoms with Crippen LogP contribution in [0.15, 0.2) is 12.7 Å². The summed E-state index contributed by atoms with van der Waals surface area (Å²) in [5, 5.41) is 12.4. The molecule has 4 aromatic rings. The van der Waals surface area contributed by atoms with Gasteiger partial charge in [0.2, 0.25) is 5.91 Å². The second-order valence-corrected chi connectivity index (χ2v) is 11.2. The van der Waals surface area contributed by atoms with Gasteiger partial charge in [-0.2, -0.15) is 14.9 Å². The number of hydrogen-bond acceptors (Lipinski definition) is 8.